The van der Waals surface area contributed by atoms with Crippen molar-refractivity contribution in [2.45, 2.75) is 46.6 Å². The van der Waals surface area contributed by atoms with Crippen molar-refractivity contribution >= 4 is 11.7 Å². The van der Waals surface area contributed by atoms with Gasteiger partial charge in [0, 0.05) is 23.7 Å². The topological polar surface area (TPSA) is 96.3 Å². The van der Waals surface area contributed by atoms with Gasteiger partial charge in [-0.25, -0.2) is 4.79 Å². The summed E-state index contributed by atoms with van der Waals surface area (Å²) >= 11 is 0. The zero-order chi connectivity index (χ0) is 18.1. The number of amides is 2. The number of nitrogens with zero attached hydrogens (tertiary/aromatic N) is 3. The summed E-state index contributed by atoms with van der Waals surface area (Å²) in [5.74, 6) is 0.821. The smallest absolute Gasteiger partial charge is 0.322 e. The quantitative estimate of drug-likeness (QED) is 0.889. The largest absolute Gasteiger partial charge is 0.377 e. The molecule has 0 radical (unpaired) electrons. The molecule has 1 unspecified atom stereocenters. The van der Waals surface area contributed by atoms with Crippen LogP contribution in [0.4, 0.5) is 10.5 Å². The predicted octanol–water partition coefficient (Wildman–Crippen LogP) is 3.05. The number of aromatic amines is 1. The molecule has 2 aromatic heterocycles. The van der Waals surface area contributed by atoms with Crippen LogP contribution >= 0.6 is 0 Å². The molecule has 0 aromatic carbocycles. The lowest BCUT2D eigenvalue weighted by molar-refractivity contribution is 0.0143. The van der Waals surface area contributed by atoms with Crippen molar-refractivity contribution in [3.8, 4) is 0 Å². The van der Waals surface area contributed by atoms with Crippen LogP contribution in [0.3, 0.4) is 0 Å². The maximum Gasteiger partial charge on any atom is 0.322 e. The summed E-state index contributed by atoms with van der Waals surface area (Å²) in [6.45, 7) is 11.2. The minimum Gasteiger partial charge on any atom is -0.377 e. The van der Waals surface area contributed by atoms with Crippen molar-refractivity contribution < 1.29 is 14.1 Å². The van der Waals surface area contributed by atoms with Crippen LogP contribution in [0.1, 0.15) is 54.2 Å². The van der Waals surface area contributed by atoms with Crippen molar-refractivity contribution in [2.24, 2.45) is 0 Å². The third-order valence-electron chi connectivity index (χ3n) is 4.55. The summed E-state index contributed by atoms with van der Waals surface area (Å²) in [4.78, 5) is 14.8. The average molecular weight is 347 g/mol. The van der Waals surface area contributed by atoms with E-state index in [4.69, 9.17) is 9.26 Å². The Balaban J connectivity index is 1.86. The van der Waals surface area contributed by atoms with Crippen LogP contribution in [0, 0.1) is 20.8 Å². The number of hydrogen-bond acceptors (Lipinski definition) is 5. The highest BCUT2D eigenvalue weighted by Gasteiger charge is 2.33. The molecule has 2 N–H and O–H groups in total. The number of morpholine rings is 1. The fourth-order valence-corrected chi connectivity index (χ4v) is 3.25. The van der Waals surface area contributed by atoms with Gasteiger partial charge < -0.3 is 19.5 Å². The van der Waals surface area contributed by atoms with Gasteiger partial charge in [0.15, 0.2) is 5.76 Å². The second-order valence-electron chi connectivity index (χ2n) is 6.72. The highest BCUT2D eigenvalue weighted by atomic mass is 16.5. The standard InChI is InChI=1S/C17H25N5O3/c1-9(2)16-15(12(5)21-25-16)18-17(23)22-6-7-24-8-13(22)14-10(3)19-20-11(14)4/h9,13H,6-8H2,1-5H3,(H,18,23)(H,19,20). The van der Waals surface area contributed by atoms with Crippen molar-refractivity contribution in [2.75, 3.05) is 25.1 Å². The van der Waals surface area contributed by atoms with E-state index in [0.29, 0.717) is 36.9 Å². The molecule has 1 aliphatic rings. The molecule has 8 heteroatoms. The first-order valence-corrected chi connectivity index (χ1v) is 8.53. The molecule has 1 aliphatic heterocycles. The summed E-state index contributed by atoms with van der Waals surface area (Å²) in [5.41, 5.74) is 4.19. The molecule has 3 heterocycles. The molecule has 2 amide bonds. The fourth-order valence-electron chi connectivity index (χ4n) is 3.25. The molecular formula is C17H25N5O3. The van der Waals surface area contributed by atoms with Gasteiger partial charge in [0.1, 0.15) is 11.4 Å². The summed E-state index contributed by atoms with van der Waals surface area (Å²) in [6, 6.07) is -0.350. The summed E-state index contributed by atoms with van der Waals surface area (Å²) in [6.07, 6.45) is 0. The monoisotopic (exact) mass is 347 g/mol. The Morgan fingerprint density at radius 1 is 1.32 bits per heavy atom. The van der Waals surface area contributed by atoms with Crippen molar-refractivity contribution in [1.82, 2.24) is 20.3 Å². The van der Waals surface area contributed by atoms with Crippen LogP contribution in [0.5, 0.6) is 0 Å². The van der Waals surface area contributed by atoms with Crippen LogP contribution < -0.4 is 5.32 Å². The number of H-pyrrole nitrogens is 1. The van der Waals surface area contributed by atoms with Gasteiger partial charge in [-0.2, -0.15) is 5.10 Å². The number of aromatic nitrogens is 3. The number of urea groups is 1. The van der Waals surface area contributed by atoms with Gasteiger partial charge in [0.2, 0.25) is 0 Å². The Bertz CT molecular complexity index is 745. The van der Waals surface area contributed by atoms with Gasteiger partial charge in [0.05, 0.1) is 24.9 Å². The molecule has 1 fully saturated rings. The molecule has 0 spiro atoms. The first-order valence-electron chi connectivity index (χ1n) is 8.53. The van der Waals surface area contributed by atoms with Gasteiger partial charge in [0.25, 0.3) is 0 Å². The van der Waals surface area contributed by atoms with Gasteiger partial charge in [-0.05, 0) is 20.8 Å². The van der Waals surface area contributed by atoms with Crippen LogP contribution in [-0.2, 0) is 4.74 Å². The van der Waals surface area contributed by atoms with Crippen LogP contribution in [0.15, 0.2) is 4.52 Å². The van der Waals surface area contributed by atoms with E-state index in [-0.39, 0.29) is 18.0 Å². The van der Waals surface area contributed by atoms with Crippen molar-refractivity contribution in [3.05, 3.63) is 28.4 Å². The highest BCUT2D eigenvalue weighted by molar-refractivity contribution is 5.91. The van der Waals surface area contributed by atoms with E-state index < -0.39 is 0 Å². The molecule has 1 saturated heterocycles. The van der Waals surface area contributed by atoms with Crippen LogP contribution in [0.25, 0.3) is 0 Å². The number of nitrogens with one attached hydrogen (secondary N) is 2. The number of ether oxygens (including phenoxy) is 1. The number of aryl methyl sites for hydroxylation is 3. The lowest BCUT2D eigenvalue weighted by atomic mass is 10.0. The molecular weight excluding hydrogens is 322 g/mol. The Labute approximate surface area is 146 Å². The predicted molar refractivity (Wildman–Crippen MR) is 92.7 cm³/mol. The van der Waals surface area contributed by atoms with E-state index in [1.165, 1.54) is 0 Å². The summed E-state index contributed by atoms with van der Waals surface area (Å²) in [5, 5.41) is 14.2. The Morgan fingerprint density at radius 2 is 2.08 bits per heavy atom. The SMILES string of the molecule is Cc1noc(C(C)C)c1NC(=O)N1CCOCC1c1c(C)n[nH]c1C. The van der Waals surface area contributed by atoms with E-state index >= 15 is 0 Å². The maximum absolute atomic E-state index is 13.0. The van der Waals surface area contributed by atoms with E-state index in [9.17, 15) is 4.79 Å². The van der Waals surface area contributed by atoms with Gasteiger partial charge in [-0.15, -0.1) is 0 Å². The third-order valence-corrected chi connectivity index (χ3v) is 4.55. The molecule has 3 rings (SSSR count). The van der Waals surface area contributed by atoms with E-state index in [0.717, 1.165) is 17.0 Å². The minimum atomic E-state index is -0.179. The number of carbonyl (C=O) groups excluding carboxylic acids is 1. The zero-order valence-electron chi connectivity index (χ0n) is 15.3. The second-order valence-corrected chi connectivity index (χ2v) is 6.72. The van der Waals surface area contributed by atoms with Crippen LogP contribution in [0.2, 0.25) is 0 Å². The molecule has 0 aliphatic carbocycles. The molecule has 25 heavy (non-hydrogen) atoms. The van der Waals surface area contributed by atoms with E-state index in [1.54, 1.807) is 4.90 Å². The van der Waals surface area contributed by atoms with Crippen molar-refractivity contribution in [1.29, 1.82) is 0 Å². The molecule has 2 aromatic rings. The van der Waals surface area contributed by atoms with Crippen molar-refractivity contribution in [3.63, 3.8) is 0 Å². The summed E-state index contributed by atoms with van der Waals surface area (Å²) < 4.78 is 11.0. The number of anilines is 1. The number of hydrogen-bond donors (Lipinski definition) is 2. The van der Waals surface area contributed by atoms with Crippen LogP contribution in [-0.4, -0.2) is 46.0 Å². The molecule has 0 bridgehead atoms. The third kappa shape index (κ3) is 3.26. The molecule has 0 saturated carbocycles. The Kier molecular flexibility index (Phi) is 4.80. The average Bonchev–Trinajstić information content (AvgIpc) is 3.10. The number of rotatable bonds is 3. The highest BCUT2D eigenvalue weighted by Crippen LogP contribution is 2.31. The molecule has 8 nitrogen and oxygen atoms in total. The Hall–Kier alpha value is -2.35. The normalized spacial score (nSPS) is 18.0. The first-order chi connectivity index (χ1) is 11.9. The van der Waals surface area contributed by atoms with E-state index in [2.05, 4.69) is 20.7 Å². The molecule has 136 valence electrons. The second kappa shape index (κ2) is 6.87. The maximum atomic E-state index is 13.0. The zero-order valence-corrected chi connectivity index (χ0v) is 15.3. The van der Waals surface area contributed by atoms with Gasteiger partial charge >= 0.3 is 6.03 Å². The van der Waals surface area contributed by atoms with E-state index in [1.807, 2.05) is 34.6 Å². The first kappa shape index (κ1) is 17.5. The fraction of sp³-hybridized carbons (Fsp3) is 0.588. The Morgan fingerprint density at radius 3 is 2.72 bits per heavy atom. The van der Waals surface area contributed by atoms with Gasteiger partial charge in [-0.3, -0.25) is 5.10 Å². The summed E-state index contributed by atoms with van der Waals surface area (Å²) in [7, 11) is 0. The number of carbonyl (C=O) groups is 1. The minimum absolute atomic E-state index is 0.135. The lowest BCUT2D eigenvalue weighted by Crippen LogP contribution is -2.45. The van der Waals surface area contributed by atoms with Gasteiger partial charge in [-0.1, -0.05) is 19.0 Å². The lowest BCUT2D eigenvalue weighted by Gasteiger charge is -2.35. The molecule has 1 atom stereocenters.